The van der Waals surface area contributed by atoms with Crippen molar-refractivity contribution in [3.05, 3.63) is 28.2 Å². The molecule has 1 fully saturated rings. The molecule has 2 atom stereocenters. The summed E-state index contributed by atoms with van der Waals surface area (Å²) >= 11 is 11.8. The van der Waals surface area contributed by atoms with Crippen LogP contribution in [-0.2, 0) is 10.0 Å². The van der Waals surface area contributed by atoms with Crippen LogP contribution in [-0.4, -0.2) is 31.9 Å². The first-order chi connectivity index (χ1) is 9.30. The summed E-state index contributed by atoms with van der Waals surface area (Å²) in [6.45, 7) is 2.87. The summed E-state index contributed by atoms with van der Waals surface area (Å²) in [6, 6.07) is 4.36. The molecule has 0 aromatic heterocycles. The molecule has 1 aromatic rings. The average Bonchev–Trinajstić information content (AvgIpc) is 2.37. The molecule has 4 nitrogen and oxygen atoms in total. The van der Waals surface area contributed by atoms with Crippen molar-refractivity contribution in [3.8, 4) is 0 Å². The van der Waals surface area contributed by atoms with Gasteiger partial charge in [-0.05, 0) is 43.9 Å². The number of halogens is 3. The number of hydrogen-bond donors (Lipinski definition) is 1. The topological polar surface area (TPSA) is 63.4 Å². The summed E-state index contributed by atoms with van der Waals surface area (Å²) in [5, 5.41) is 0.633. The van der Waals surface area contributed by atoms with E-state index in [0.717, 1.165) is 12.8 Å². The van der Waals surface area contributed by atoms with Crippen LogP contribution >= 0.6 is 35.6 Å². The second kappa shape index (κ2) is 7.49. The first-order valence-corrected chi connectivity index (χ1v) is 8.72. The number of benzene rings is 1. The van der Waals surface area contributed by atoms with Crippen LogP contribution in [0, 0.1) is 5.92 Å². The highest BCUT2D eigenvalue weighted by molar-refractivity contribution is 7.89. The van der Waals surface area contributed by atoms with Gasteiger partial charge >= 0.3 is 0 Å². The molecule has 0 saturated carbocycles. The Balaban J connectivity index is 0.00000220. The van der Waals surface area contributed by atoms with Gasteiger partial charge in [0.05, 0.1) is 4.90 Å². The van der Waals surface area contributed by atoms with Gasteiger partial charge in [0, 0.05) is 29.2 Å². The molecule has 1 aliphatic rings. The molecule has 120 valence electrons. The van der Waals surface area contributed by atoms with Gasteiger partial charge in [-0.1, -0.05) is 23.2 Å². The first-order valence-electron chi connectivity index (χ1n) is 6.52. The van der Waals surface area contributed by atoms with E-state index in [1.165, 1.54) is 22.5 Å². The Labute approximate surface area is 142 Å². The Kier molecular flexibility index (Phi) is 6.78. The monoisotopic (exact) mass is 372 g/mol. The minimum Gasteiger partial charge on any atom is -0.328 e. The number of piperidine rings is 1. The third-order valence-electron chi connectivity index (χ3n) is 3.64. The van der Waals surface area contributed by atoms with E-state index >= 15 is 0 Å². The van der Waals surface area contributed by atoms with E-state index in [9.17, 15) is 8.42 Å². The van der Waals surface area contributed by atoms with Crippen molar-refractivity contribution < 1.29 is 8.42 Å². The number of hydrogen-bond acceptors (Lipinski definition) is 3. The van der Waals surface area contributed by atoms with Crippen molar-refractivity contribution in [1.29, 1.82) is 0 Å². The van der Waals surface area contributed by atoms with E-state index < -0.39 is 10.0 Å². The molecule has 0 amide bonds. The Morgan fingerprint density at radius 2 is 1.86 bits per heavy atom. The van der Waals surface area contributed by atoms with Crippen LogP contribution < -0.4 is 5.73 Å². The van der Waals surface area contributed by atoms with E-state index in [4.69, 9.17) is 28.9 Å². The standard InChI is InChI=1S/C13H18Cl2N2O2S.ClH/c1-9(16)10-3-2-4-17(8-10)20(18,19)13-6-11(14)5-12(15)7-13;/h5-7,9-10H,2-4,8,16H2,1H3;1H. The predicted molar refractivity (Wildman–Crippen MR) is 88.8 cm³/mol. The van der Waals surface area contributed by atoms with Crippen molar-refractivity contribution in [1.82, 2.24) is 4.31 Å². The van der Waals surface area contributed by atoms with Crippen LogP contribution in [0.1, 0.15) is 19.8 Å². The SMILES string of the molecule is CC(N)C1CCCN(S(=O)(=O)c2cc(Cl)cc(Cl)c2)C1.Cl. The Morgan fingerprint density at radius 1 is 1.29 bits per heavy atom. The highest BCUT2D eigenvalue weighted by atomic mass is 35.5. The van der Waals surface area contributed by atoms with Crippen LogP contribution in [0.25, 0.3) is 0 Å². The molecule has 2 unspecified atom stereocenters. The molecule has 0 radical (unpaired) electrons. The van der Waals surface area contributed by atoms with Crippen molar-refractivity contribution in [3.63, 3.8) is 0 Å². The second-order valence-electron chi connectivity index (χ2n) is 5.23. The number of sulfonamides is 1. The Hall–Kier alpha value is -0.0400. The summed E-state index contributed by atoms with van der Waals surface area (Å²) in [4.78, 5) is 0.139. The van der Waals surface area contributed by atoms with Gasteiger partial charge in [0.1, 0.15) is 0 Å². The van der Waals surface area contributed by atoms with Crippen molar-refractivity contribution in [2.75, 3.05) is 13.1 Å². The summed E-state index contributed by atoms with van der Waals surface area (Å²) in [6.07, 6.45) is 1.78. The summed E-state index contributed by atoms with van der Waals surface area (Å²) < 4.78 is 26.7. The van der Waals surface area contributed by atoms with Crippen LogP contribution in [0.4, 0.5) is 0 Å². The molecule has 8 heteroatoms. The fraction of sp³-hybridized carbons (Fsp3) is 0.538. The lowest BCUT2D eigenvalue weighted by atomic mass is 9.93. The smallest absolute Gasteiger partial charge is 0.243 e. The Morgan fingerprint density at radius 3 is 2.38 bits per heavy atom. The summed E-state index contributed by atoms with van der Waals surface area (Å²) in [5.41, 5.74) is 5.90. The molecule has 0 aliphatic carbocycles. The van der Waals surface area contributed by atoms with Gasteiger partial charge in [-0.2, -0.15) is 4.31 Å². The van der Waals surface area contributed by atoms with Crippen LogP contribution in [0.5, 0.6) is 0 Å². The van der Waals surface area contributed by atoms with Gasteiger partial charge < -0.3 is 5.73 Å². The third-order valence-corrected chi connectivity index (χ3v) is 5.92. The zero-order valence-corrected chi connectivity index (χ0v) is 14.8. The predicted octanol–water partition coefficient (Wildman–Crippen LogP) is 3.16. The summed E-state index contributed by atoms with van der Waals surface area (Å²) in [5.74, 6) is 0.188. The molecule has 1 aliphatic heterocycles. The highest BCUT2D eigenvalue weighted by Crippen LogP contribution is 2.28. The van der Waals surface area contributed by atoms with Gasteiger partial charge in [0.2, 0.25) is 10.0 Å². The van der Waals surface area contributed by atoms with Gasteiger partial charge in [-0.15, -0.1) is 12.4 Å². The molecule has 1 saturated heterocycles. The average molecular weight is 374 g/mol. The minimum absolute atomic E-state index is 0. The van der Waals surface area contributed by atoms with E-state index in [0.29, 0.717) is 23.1 Å². The number of rotatable bonds is 3. The number of nitrogens with two attached hydrogens (primary N) is 1. The maximum Gasteiger partial charge on any atom is 0.243 e. The Bertz CT molecular complexity index is 573. The zero-order chi connectivity index (χ0) is 14.9. The quantitative estimate of drug-likeness (QED) is 0.885. The molecule has 21 heavy (non-hydrogen) atoms. The maximum atomic E-state index is 12.6. The van der Waals surface area contributed by atoms with E-state index in [1.54, 1.807) is 0 Å². The lowest BCUT2D eigenvalue weighted by Gasteiger charge is -2.33. The van der Waals surface area contributed by atoms with Crippen LogP contribution in [0.15, 0.2) is 23.1 Å². The lowest BCUT2D eigenvalue weighted by Crippen LogP contribution is -2.44. The van der Waals surface area contributed by atoms with Crippen molar-refractivity contribution in [2.24, 2.45) is 11.7 Å². The highest BCUT2D eigenvalue weighted by Gasteiger charge is 2.31. The number of nitrogens with zero attached hydrogens (tertiary/aromatic N) is 1. The van der Waals surface area contributed by atoms with Crippen molar-refractivity contribution >= 4 is 45.6 Å². The molecular formula is C13H19Cl3N2O2S. The van der Waals surface area contributed by atoms with Gasteiger partial charge in [0.25, 0.3) is 0 Å². The molecule has 2 N–H and O–H groups in total. The molecular weight excluding hydrogens is 355 g/mol. The maximum absolute atomic E-state index is 12.6. The van der Waals surface area contributed by atoms with Crippen LogP contribution in [0.3, 0.4) is 0 Å². The van der Waals surface area contributed by atoms with Gasteiger partial charge in [-0.3, -0.25) is 0 Å². The molecule has 0 bridgehead atoms. The largest absolute Gasteiger partial charge is 0.328 e. The third kappa shape index (κ3) is 4.47. The van der Waals surface area contributed by atoms with Gasteiger partial charge in [-0.25, -0.2) is 8.42 Å². The van der Waals surface area contributed by atoms with Crippen LogP contribution in [0.2, 0.25) is 10.0 Å². The van der Waals surface area contributed by atoms with E-state index in [2.05, 4.69) is 0 Å². The minimum atomic E-state index is -3.56. The lowest BCUT2D eigenvalue weighted by molar-refractivity contribution is 0.243. The normalized spacial score (nSPS) is 21.6. The molecule has 0 spiro atoms. The molecule has 2 rings (SSSR count). The first kappa shape index (κ1) is 19.0. The fourth-order valence-electron chi connectivity index (χ4n) is 2.45. The van der Waals surface area contributed by atoms with Gasteiger partial charge in [0.15, 0.2) is 0 Å². The van der Waals surface area contributed by atoms with Crippen molar-refractivity contribution in [2.45, 2.75) is 30.7 Å². The molecule has 1 aromatic carbocycles. The second-order valence-corrected chi connectivity index (χ2v) is 8.04. The van der Waals surface area contributed by atoms with E-state index in [1.807, 2.05) is 6.92 Å². The summed E-state index contributed by atoms with van der Waals surface area (Å²) in [7, 11) is -3.56. The fourth-order valence-corrected chi connectivity index (χ4v) is 4.71. The zero-order valence-electron chi connectivity index (χ0n) is 11.6. The van der Waals surface area contributed by atoms with E-state index in [-0.39, 0.29) is 29.3 Å². The molecule has 1 heterocycles.